The highest BCUT2D eigenvalue weighted by atomic mass is 16.5. The Morgan fingerprint density at radius 3 is 2.09 bits per heavy atom. The number of alkyl carbamates (subject to hydrolysis) is 1. The molecule has 1 aliphatic rings. The largest absolute Gasteiger partial charge is 0.480 e. The van der Waals surface area contributed by atoms with Crippen molar-refractivity contribution in [1.29, 1.82) is 0 Å². The van der Waals surface area contributed by atoms with Gasteiger partial charge in [0.15, 0.2) is 0 Å². The zero-order chi connectivity index (χ0) is 25.6. The van der Waals surface area contributed by atoms with Gasteiger partial charge in [-0.1, -0.05) is 76.2 Å². The number of ether oxygens (including phenoxy) is 1. The van der Waals surface area contributed by atoms with Crippen LogP contribution in [0.1, 0.15) is 64.0 Å². The summed E-state index contributed by atoms with van der Waals surface area (Å²) in [5.41, 5.74) is 4.15. The fourth-order valence-electron chi connectivity index (χ4n) is 4.47. The third-order valence-electron chi connectivity index (χ3n) is 6.53. The summed E-state index contributed by atoms with van der Waals surface area (Å²) in [7, 11) is 0. The first-order chi connectivity index (χ1) is 16.6. The molecule has 0 radical (unpaired) electrons. The van der Waals surface area contributed by atoms with E-state index in [1.54, 1.807) is 20.8 Å². The predicted molar refractivity (Wildman–Crippen MR) is 135 cm³/mol. The van der Waals surface area contributed by atoms with Crippen molar-refractivity contribution in [1.82, 2.24) is 10.6 Å². The second kappa shape index (κ2) is 11.4. The number of amides is 2. The first-order valence-corrected chi connectivity index (χ1v) is 12.2. The van der Waals surface area contributed by atoms with E-state index < -0.39 is 23.5 Å². The Morgan fingerprint density at radius 1 is 0.971 bits per heavy atom. The van der Waals surface area contributed by atoms with Gasteiger partial charge in [-0.05, 0) is 46.4 Å². The summed E-state index contributed by atoms with van der Waals surface area (Å²) in [6, 6.07) is 15.5. The van der Waals surface area contributed by atoms with Crippen molar-refractivity contribution in [2.45, 2.75) is 58.9 Å². The van der Waals surface area contributed by atoms with Gasteiger partial charge in [0.05, 0.1) is 0 Å². The van der Waals surface area contributed by atoms with Gasteiger partial charge in [0.2, 0.25) is 5.91 Å². The van der Waals surface area contributed by atoms with Crippen LogP contribution in [-0.4, -0.2) is 42.3 Å². The summed E-state index contributed by atoms with van der Waals surface area (Å²) < 4.78 is 5.55. The molecule has 7 heteroatoms. The van der Waals surface area contributed by atoms with E-state index in [1.807, 2.05) is 31.2 Å². The normalized spacial score (nSPS) is 14.4. The average Bonchev–Trinajstić information content (AvgIpc) is 3.12. The van der Waals surface area contributed by atoms with Crippen LogP contribution in [0.15, 0.2) is 48.5 Å². The Morgan fingerprint density at radius 2 is 1.54 bits per heavy atom. The van der Waals surface area contributed by atoms with Gasteiger partial charge in [-0.25, -0.2) is 9.59 Å². The number of rotatable bonds is 10. The van der Waals surface area contributed by atoms with Crippen molar-refractivity contribution in [2.75, 3.05) is 13.2 Å². The third kappa shape index (κ3) is 6.84. The van der Waals surface area contributed by atoms with E-state index in [9.17, 15) is 19.5 Å². The van der Waals surface area contributed by atoms with Gasteiger partial charge in [0.25, 0.3) is 0 Å². The molecule has 0 aliphatic heterocycles. The van der Waals surface area contributed by atoms with Crippen molar-refractivity contribution in [3.05, 3.63) is 59.7 Å². The molecule has 3 N–H and O–H groups in total. The number of carboxylic acids is 1. The summed E-state index contributed by atoms with van der Waals surface area (Å²) in [6.07, 6.45) is 1.09. The van der Waals surface area contributed by atoms with Gasteiger partial charge in [0.1, 0.15) is 12.6 Å². The number of nitrogens with one attached hydrogen (secondary N) is 2. The molecule has 188 valence electrons. The predicted octanol–water partition coefficient (Wildman–Crippen LogP) is 4.95. The molecule has 0 spiro atoms. The Kier molecular flexibility index (Phi) is 8.54. The highest BCUT2D eigenvalue weighted by Gasteiger charge is 2.32. The highest BCUT2D eigenvalue weighted by molar-refractivity contribution is 5.84. The minimum Gasteiger partial charge on any atom is -0.480 e. The number of hydrogen-bond acceptors (Lipinski definition) is 4. The van der Waals surface area contributed by atoms with Gasteiger partial charge in [-0.2, -0.15) is 0 Å². The van der Waals surface area contributed by atoms with Crippen LogP contribution in [0.5, 0.6) is 0 Å². The van der Waals surface area contributed by atoms with E-state index in [1.165, 1.54) is 22.3 Å². The molecule has 2 amide bonds. The first-order valence-electron chi connectivity index (χ1n) is 12.2. The van der Waals surface area contributed by atoms with Crippen molar-refractivity contribution in [3.63, 3.8) is 0 Å². The number of carbonyl (C=O) groups excluding carboxylic acids is 2. The number of carbonyl (C=O) groups is 3. The minimum atomic E-state index is -1.04. The maximum Gasteiger partial charge on any atom is 0.407 e. The number of aliphatic carboxylic acids is 1. The monoisotopic (exact) mass is 480 g/mol. The molecule has 0 bridgehead atoms. The fraction of sp³-hybridized carbons (Fsp3) is 0.464. The summed E-state index contributed by atoms with van der Waals surface area (Å²) >= 11 is 0. The van der Waals surface area contributed by atoms with E-state index in [0.29, 0.717) is 19.4 Å². The topological polar surface area (TPSA) is 105 Å². The van der Waals surface area contributed by atoms with Crippen LogP contribution in [0.25, 0.3) is 11.1 Å². The van der Waals surface area contributed by atoms with Crippen LogP contribution in [-0.2, 0) is 14.3 Å². The molecular weight excluding hydrogens is 444 g/mol. The van der Waals surface area contributed by atoms with E-state index in [0.717, 1.165) is 0 Å². The average molecular weight is 481 g/mol. The molecule has 2 atom stereocenters. The number of hydrogen-bond donors (Lipinski definition) is 3. The van der Waals surface area contributed by atoms with Crippen LogP contribution in [0.2, 0.25) is 0 Å². The lowest BCUT2D eigenvalue weighted by Gasteiger charge is -2.27. The van der Waals surface area contributed by atoms with E-state index >= 15 is 0 Å². The molecule has 0 fully saturated rings. The molecule has 35 heavy (non-hydrogen) atoms. The molecule has 1 aliphatic carbocycles. The van der Waals surface area contributed by atoms with Crippen LogP contribution in [0.3, 0.4) is 0 Å². The van der Waals surface area contributed by atoms with Crippen LogP contribution < -0.4 is 10.6 Å². The lowest BCUT2D eigenvalue weighted by atomic mass is 9.86. The maximum atomic E-state index is 12.3. The van der Waals surface area contributed by atoms with Gasteiger partial charge in [-0.15, -0.1) is 0 Å². The van der Waals surface area contributed by atoms with Crippen molar-refractivity contribution in [2.24, 2.45) is 11.3 Å². The summed E-state index contributed by atoms with van der Waals surface area (Å²) in [5.74, 6) is -1.10. The SMILES string of the molecule is CC(CCNC(=O)OCC1c2ccccc2-c2ccccc21)CCC(=O)NC(C(=O)O)C(C)(C)C. The van der Waals surface area contributed by atoms with E-state index in [4.69, 9.17) is 4.74 Å². The molecule has 0 saturated carbocycles. The van der Waals surface area contributed by atoms with E-state index in [2.05, 4.69) is 34.9 Å². The highest BCUT2D eigenvalue weighted by Crippen LogP contribution is 2.44. The molecule has 2 aromatic carbocycles. The number of benzene rings is 2. The first kappa shape index (κ1) is 26.3. The molecule has 2 aromatic rings. The second-order valence-electron chi connectivity index (χ2n) is 10.4. The second-order valence-corrected chi connectivity index (χ2v) is 10.4. The minimum absolute atomic E-state index is 0.0216. The molecule has 7 nitrogen and oxygen atoms in total. The lowest BCUT2D eigenvalue weighted by Crippen LogP contribution is -2.49. The van der Waals surface area contributed by atoms with Crippen LogP contribution >= 0.6 is 0 Å². The van der Waals surface area contributed by atoms with Gasteiger partial charge < -0.3 is 20.5 Å². The van der Waals surface area contributed by atoms with Crippen molar-refractivity contribution >= 4 is 18.0 Å². The van der Waals surface area contributed by atoms with Crippen molar-refractivity contribution in [3.8, 4) is 11.1 Å². The van der Waals surface area contributed by atoms with Gasteiger partial charge in [-0.3, -0.25) is 4.79 Å². The Balaban J connectivity index is 1.39. The Hall–Kier alpha value is -3.35. The summed E-state index contributed by atoms with van der Waals surface area (Å²) in [4.78, 5) is 35.9. The molecule has 0 aromatic heterocycles. The van der Waals surface area contributed by atoms with Crippen LogP contribution in [0, 0.1) is 11.3 Å². The summed E-state index contributed by atoms with van der Waals surface area (Å²) in [6.45, 7) is 8.06. The van der Waals surface area contributed by atoms with Gasteiger partial charge in [0, 0.05) is 18.9 Å². The molecular formula is C28H36N2O5. The smallest absolute Gasteiger partial charge is 0.407 e. The number of carboxylic acid groups (broad SMARTS) is 1. The summed E-state index contributed by atoms with van der Waals surface area (Å²) in [5, 5.41) is 14.8. The molecule has 2 unspecified atom stereocenters. The van der Waals surface area contributed by atoms with Crippen LogP contribution in [0.4, 0.5) is 4.79 Å². The number of fused-ring (bicyclic) bond motifs is 3. The quantitative estimate of drug-likeness (QED) is 0.446. The zero-order valence-electron chi connectivity index (χ0n) is 21.0. The standard InChI is InChI=1S/C28H36N2O5/c1-18(13-14-24(31)30-25(26(32)33)28(2,3)4)15-16-29-27(34)35-17-23-21-11-7-5-9-19(21)20-10-6-8-12-22(20)23/h5-12,18,23,25H,13-17H2,1-4H3,(H,29,34)(H,30,31)(H,32,33). The van der Waals surface area contributed by atoms with Gasteiger partial charge >= 0.3 is 12.1 Å². The Labute approximate surface area is 207 Å². The maximum absolute atomic E-state index is 12.3. The van der Waals surface area contributed by atoms with E-state index in [-0.39, 0.29) is 30.8 Å². The molecule has 3 rings (SSSR count). The third-order valence-corrected chi connectivity index (χ3v) is 6.53. The Bertz CT molecular complexity index is 1010. The molecule has 0 heterocycles. The molecule has 0 saturated heterocycles. The lowest BCUT2D eigenvalue weighted by molar-refractivity contribution is -0.145. The zero-order valence-corrected chi connectivity index (χ0v) is 21.0. The van der Waals surface area contributed by atoms with Crippen molar-refractivity contribution < 1.29 is 24.2 Å². The fourth-order valence-corrected chi connectivity index (χ4v) is 4.47.